The zero-order valence-corrected chi connectivity index (χ0v) is 8.59. The highest BCUT2D eigenvalue weighted by Gasteiger charge is 2.18. The van der Waals surface area contributed by atoms with Crippen molar-refractivity contribution in [3.05, 3.63) is 54.9 Å². The van der Waals surface area contributed by atoms with Gasteiger partial charge < -0.3 is 4.74 Å². The molecule has 0 bridgehead atoms. The number of carbonyl (C=O) groups is 1. The van der Waals surface area contributed by atoms with Gasteiger partial charge in [-0.15, -0.1) is 0 Å². The first-order valence-corrected chi connectivity index (χ1v) is 4.51. The van der Waals surface area contributed by atoms with Gasteiger partial charge in [-0.1, -0.05) is 19.2 Å². The molecule has 4 nitrogen and oxygen atoms in total. The summed E-state index contributed by atoms with van der Waals surface area (Å²) < 4.78 is 5.02. The lowest BCUT2D eigenvalue weighted by Crippen LogP contribution is -2.10. The van der Waals surface area contributed by atoms with Gasteiger partial charge in [0.2, 0.25) is 0 Å². The van der Waals surface area contributed by atoms with Crippen LogP contribution in [0.25, 0.3) is 0 Å². The van der Waals surface area contributed by atoms with E-state index in [4.69, 9.17) is 10.00 Å². The van der Waals surface area contributed by atoms with Crippen LogP contribution in [0.1, 0.15) is 11.7 Å². The molecule has 1 atom stereocenters. The Labute approximate surface area is 93.5 Å². The van der Waals surface area contributed by atoms with Crippen molar-refractivity contribution in [3.63, 3.8) is 0 Å². The summed E-state index contributed by atoms with van der Waals surface area (Å²) in [5, 5.41) is 8.77. The average Bonchev–Trinajstić information content (AvgIpc) is 2.35. The number of esters is 1. The van der Waals surface area contributed by atoms with E-state index in [0.717, 1.165) is 6.08 Å². The molecule has 0 saturated carbocycles. The lowest BCUT2D eigenvalue weighted by atomic mass is 10.1. The Balaban J connectivity index is 2.98. The van der Waals surface area contributed by atoms with Crippen molar-refractivity contribution >= 4 is 5.97 Å². The van der Waals surface area contributed by atoms with Gasteiger partial charge in [0.1, 0.15) is 0 Å². The number of ether oxygens (including phenoxy) is 1. The van der Waals surface area contributed by atoms with Crippen LogP contribution in [0.5, 0.6) is 0 Å². The molecule has 0 fully saturated rings. The predicted octanol–water partition coefficient (Wildman–Crippen LogP) is 1.93. The molecule has 0 amide bonds. The molecule has 1 unspecified atom stereocenters. The summed E-state index contributed by atoms with van der Waals surface area (Å²) in [6.45, 7) is 6.83. The highest BCUT2D eigenvalue weighted by Crippen LogP contribution is 2.23. The van der Waals surface area contributed by atoms with Crippen LogP contribution in [0.3, 0.4) is 0 Å². The van der Waals surface area contributed by atoms with E-state index in [1.807, 2.05) is 6.07 Å². The van der Waals surface area contributed by atoms with Crippen molar-refractivity contribution in [2.75, 3.05) is 0 Å². The molecular formula is C12H10N2O2. The molecule has 0 aliphatic heterocycles. The van der Waals surface area contributed by atoms with Crippen molar-refractivity contribution in [2.24, 2.45) is 0 Å². The molecule has 4 heteroatoms. The van der Waals surface area contributed by atoms with Crippen LogP contribution in [-0.4, -0.2) is 11.0 Å². The highest BCUT2D eigenvalue weighted by molar-refractivity contribution is 5.81. The maximum absolute atomic E-state index is 11.1. The molecule has 1 rings (SSSR count). The molecule has 80 valence electrons. The Hall–Kier alpha value is -2.41. The summed E-state index contributed by atoms with van der Waals surface area (Å²) in [5.74, 6) is -0.606. The molecule has 1 heterocycles. The van der Waals surface area contributed by atoms with E-state index in [2.05, 4.69) is 18.1 Å². The van der Waals surface area contributed by atoms with Gasteiger partial charge in [0.25, 0.3) is 0 Å². The van der Waals surface area contributed by atoms with Gasteiger partial charge >= 0.3 is 5.97 Å². The molecule has 16 heavy (non-hydrogen) atoms. The Bertz CT molecular complexity index is 446. The van der Waals surface area contributed by atoms with Crippen LogP contribution in [0.15, 0.2) is 49.3 Å². The molecule has 0 aliphatic carbocycles. The second-order valence-corrected chi connectivity index (χ2v) is 2.94. The largest absolute Gasteiger partial charge is 0.449 e. The fourth-order valence-corrected chi connectivity index (χ4v) is 1.09. The normalized spacial score (nSPS) is 10.9. The number of hydrogen-bond acceptors (Lipinski definition) is 4. The Kier molecular flexibility index (Phi) is 3.98. The van der Waals surface area contributed by atoms with Crippen molar-refractivity contribution in [2.45, 2.75) is 6.10 Å². The summed E-state index contributed by atoms with van der Waals surface area (Å²) in [6.07, 6.45) is 3.34. The van der Waals surface area contributed by atoms with E-state index >= 15 is 0 Å². The van der Waals surface area contributed by atoms with Crippen molar-refractivity contribution < 1.29 is 9.53 Å². The minimum Gasteiger partial charge on any atom is -0.449 e. The standard InChI is InChI=1S/C12H10N2O2/c1-3-11(15)16-12(9(2)7-13)10-5-4-6-14-8-10/h3-6,8,12H,1-2H2. The van der Waals surface area contributed by atoms with Crippen molar-refractivity contribution in [3.8, 4) is 6.07 Å². The first kappa shape index (κ1) is 11.7. The SMILES string of the molecule is C=CC(=O)OC(C(=C)C#N)c1cccnc1. The van der Waals surface area contributed by atoms with Crippen LogP contribution in [0, 0.1) is 11.3 Å². The van der Waals surface area contributed by atoms with Crippen LogP contribution in [-0.2, 0) is 9.53 Å². The zero-order valence-electron chi connectivity index (χ0n) is 8.59. The van der Waals surface area contributed by atoms with E-state index in [9.17, 15) is 4.79 Å². The summed E-state index contributed by atoms with van der Waals surface area (Å²) in [7, 11) is 0. The predicted molar refractivity (Wildman–Crippen MR) is 58.0 cm³/mol. The lowest BCUT2D eigenvalue weighted by molar-refractivity contribution is -0.141. The van der Waals surface area contributed by atoms with Crippen molar-refractivity contribution in [1.29, 1.82) is 5.26 Å². The summed E-state index contributed by atoms with van der Waals surface area (Å²) in [5.41, 5.74) is 0.743. The molecule has 0 aliphatic rings. The monoisotopic (exact) mass is 214 g/mol. The minimum atomic E-state index is -0.802. The maximum atomic E-state index is 11.1. The molecule has 0 saturated heterocycles. The number of pyridine rings is 1. The van der Waals surface area contributed by atoms with Crippen LogP contribution < -0.4 is 0 Å². The molecular weight excluding hydrogens is 204 g/mol. The minimum absolute atomic E-state index is 0.142. The third-order valence-electron chi connectivity index (χ3n) is 1.85. The first-order chi connectivity index (χ1) is 7.69. The number of hydrogen-bond donors (Lipinski definition) is 0. The summed E-state index contributed by atoms with van der Waals surface area (Å²) >= 11 is 0. The summed E-state index contributed by atoms with van der Waals surface area (Å²) in [4.78, 5) is 15.0. The second-order valence-electron chi connectivity index (χ2n) is 2.94. The number of carbonyl (C=O) groups excluding carboxylic acids is 1. The molecule has 0 aromatic carbocycles. The Morgan fingerprint density at radius 2 is 2.44 bits per heavy atom. The Morgan fingerprint density at radius 1 is 1.69 bits per heavy atom. The van der Waals surface area contributed by atoms with Gasteiger partial charge in [-0.3, -0.25) is 4.98 Å². The summed E-state index contributed by atoms with van der Waals surface area (Å²) in [6, 6.07) is 5.25. The van der Waals surface area contributed by atoms with Gasteiger partial charge in [-0.05, 0) is 6.07 Å². The van der Waals surface area contributed by atoms with Gasteiger partial charge in [0.15, 0.2) is 6.10 Å². The fraction of sp³-hybridized carbons (Fsp3) is 0.0833. The third kappa shape index (κ3) is 2.79. The number of nitriles is 1. The van der Waals surface area contributed by atoms with E-state index in [1.54, 1.807) is 18.3 Å². The lowest BCUT2D eigenvalue weighted by Gasteiger charge is -2.15. The number of aromatic nitrogens is 1. The van der Waals surface area contributed by atoms with E-state index < -0.39 is 12.1 Å². The number of rotatable bonds is 4. The molecule has 1 aromatic rings. The Morgan fingerprint density at radius 3 is 2.94 bits per heavy atom. The molecule has 0 N–H and O–H groups in total. The third-order valence-corrected chi connectivity index (χ3v) is 1.85. The first-order valence-electron chi connectivity index (χ1n) is 4.51. The van der Waals surface area contributed by atoms with E-state index in [0.29, 0.717) is 5.56 Å². The van der Waals surface area contributed by atoms with Gasteiger partial charge in [-0.25, -0.2) is 4.79 Å². The topological polar surface area (TPSA) is 63.0 Å². The van der Waals surface area contributed by atoms with Crippen LogP contribution in [0.2, 0.25) is 0 Å². The zero-order chi connectivity index (χ0) is 12.0. The second kappa shape index (κ2) is 5.47. The van der Waals surface area contributed by atoms with Gasteiger partial charge in [0.05, 0.1) is 11.6 Å². The van der Waals surface area contributed by atoms with Crippen LogP contribution in [0.4, 0.5) is 0 Å². The maximum Gasteiger partial charge on any atom is 0.331 e. The number of nitrogens with zero attached hydrogens (tertiary/aromatic N) is 2. The molecule has 0 spiro atoms. The quantitative estimate of drug-likeness (QED) is 0.436. The van der Waals surface area contributed by atoms with Crippen LogP contribution >= 0.6 is 0 Å². The van der Waals surface area contributed by atoms with Gasteiger partial charge in [-0.2, -0.15) is 5.26 Å². The molecule has 1 aromatic heterocycles. The fourth-order valence-electron chi connectivity index (χ4n) is 1.09. The van der Waals surface area contributed by atoms with E-state index in [1.165, 1.54) is 6.20 Å². The van der Waals surface area contributed by atoms with E-state index in [-0.39, 0.29) is 5.57 Å². The molecule has 0 radical (unpaired) electrons. The van der Waals surface area contributed by atoms with Gasteiger partial charge in [0, 0.05) is 24.0 Å². The smallest absolute Gasteiger partial charge is 0.331 e. The van der Waals surface area contributed by atoms with Crippen molar-refractivity contribution in [1.82, 2.24) is 4.98 Å². The average molecular weight is 214 g/mol. The highest BCUT2D eigenvalue weighted by atomic mass is 16.5.